The van der Waals surface area contributed by atoms with Gasteiger partial charge in [0.2, 0.25) is 5.16 Å². The Labute approximate surface area is 131 Å². The topological polar surface area (TPSA) is 64.8 Å². The first-order chi connectivity index (χ1) is 10.6. The number of fused-ring (bicyclic) bond motifs is 1. The summed E-state index contributed by atoms with van der Waals surface area (Å²) in [6.45, 7) is 0. The molecule has 2 heterocycles. The first kappa shape index (κ1) is 14.1. The van der Waals surface area contributed by atoms with Crippen LogP contribution < -0.4 is 5.56 Å². The molecule has 0 bridgehead atoms. The van der Waals surface area contributed by atoms with Gasteiger partial charge < -0.3 is 0 Å². The van der Waals surface area contributed by atoms with Crippen LogP contribution in [0.3, 0.4) is 0 Å². The van der Waals surface area contributed by atoms with E-state index in [-0.39, 0.29) is 11.6 Å². The van der Waals surface area contributed by atoms with Crippen molar-refractivity contribution in [1.82, 2.24) is 14.5 Å². The van der Waals surface area contributed by atoms with Gasteiger partial charge in [-0.2, -0.15) is 0 Å². The molecule has 6 heteroatoms. The van der Waals surface area contributed by atoms with Gasteiger partial charge in [-0.15, -0.1) is 0 Å². The van der Waals surface area contributed by atoms with Crippen molar-refractivity contribution in [1.29, 1.82) is 0 Å². The van der Waals surface area contributed by atoms with Crippen LogP contribution in [-0.2, 0) is 10.8 Å². The van der Waals surface area contributed by atoms with Gasteiger partial charge in [-0.1, -0.05) is 12.8 Å². The molecule has 0 N–H and O–H groups in total. The van der Waals surface area contributed by atoms with Crippen molar-refractivity contribution in [3.8, 4) is 0 Å². The van der Waals surface area contributed by atoms with Crippen molar-refractivity contribution in [3.05, 3.63) is 28.2 Å². The van der Waals surface area contributed by atoms with E-state index >= 15 is 0 Å². The van der Waals surface area contributed by atoms with Gasteiger partial charge in [0.1, 0.15) is 5.65 Å². The summed E-state index contributed by atoms with van der Waals surface area (Å²) in [5.41, 5.74) is 1.67. The van der Waals surface area contributed by atoms with E-state index in [2.05, 4.69) is 9.97 Å². The zero-order valence-corrected chi connectivity index (χ0v) is 13.4. The third-order valence-electron chi connectivity index (χ3n) is 4.74. The molecule has 0 saturated heterocycles. The zero-order valence-electron chi connectivity index (χ0n) is 12.6. The van der Waals surface area contributed by atoms with Gasteiger partial charge in [0.25, 0.3) is 5.56 Å². The number of hydrogen-bond acceptors (Lipinski definition) is 4. The summed E-state index contributed by atoms with van der Waals surface area (Å²) < 4.78 is 13.6. The SMILES string of the molecule is CS(=O)c1ncc2cc(C3CC3)c(=O)n(C3CCCC3)c2n1. The van der Waals surface area contributed by atoms with Crippen LogP contribution in [0.15, 0.2) is 22.2 Å². The average Bonchev–Trinajstić information content (AvgIpc) is 3.21. The first-order valence-electron chi connectivity index (χ1n) is 7.91. The van der Waals surface area contributed by atoms with E-state index in [4.69, 9.17) is 0 Å². The fourth-order valence-electron chi connectivity index (χ4n) is 3.45. The molecule has 2 aliphatic rings. The van der Waals surface area contributed by atoms with E-state index in [1.807, 2.05) is 10.6 Å². The summed E-state index contributed by atoms with van der Waals surface area (Å²) in [6, 6.07) is 2.17. The highest BCUT2D eigenvalue weighted by molar-refractivity contribution is 7.84. The minimum absolute atomic E-state index is 0.105. The lowest BCUT2D eigenvalue weighted by Gasteiger charge is -2.17. The van der Waals surface area contributed by atoms with Crippen LogP contribution in [0.4, 0.5) is 0 Å². The maximum atomic E-state index is 13.0. The van der Waals surface area contributed by atoms with E-state index in [0.29, 0.717) is 16.7 Å². The number of rotatable bonds is 3. The van der Waals surface area contributed by atoms with Crippen LogP contribution in [0.1, 0.15) is 56.0 Å². The van der Waals surface area contributed by atoms with Crippen molar-refractivity contribution < 1.29 is 4.21 Å². The summed E-state index contributed by atoms with van der Waals surface area (Å²) in [6.07, 6.45) is 9.85. The highest BCUT2D eigenvalue weighted by Gasteiger charge is 2.30. The Hall–Kier alpha value is -1.56. The maximum Gasteiger partial charge on any atom is 0.255 e. The molecule has 1 atom stereocenters. The van der Waals surface area contributed by atoms with Gasteiger partial charge in [-0.3, -0.25) is 13.6 Å². The van der Waals surface area contributed by atoms with E-state index in [0.717, 1.165) is 49.5 Å². The lowest BCUT2D eigenvalue weighted by molar-refractivity contribution is 0.511. The Morgan fingerprint density at radius 1 is 1.23 bits per heavy atom. The van der Waals surface area contributed by atoms with E-state index in [1.165, 1.54) is 0 Å². The lowest BCUT2D eigenvalue weighted by atomic mass is 10.1. The molecule has 0 amide bonds. The second kappa shape index (κ2) is 5.26. The van der Waals surface area contributed by atoms with Gasteiger partial charge >= 0.3 is 0 Å². The van der Waals surface area contributed by atoms with Crippen LogP contribution in [0.2, 0.25) is 0 Å². The summed E-state index contributed by atoms with van der Waals surface area (Å²) in [5.74, 6) is 0.407. The molecule has 2 fully saturated rings. The predicted molar refractivity (Wildman–Crippen MR) is 85.6 cm³/mol. The Balaban J connectivity index is 2.00. The number of aromatic nitrogens is 3. The lowest BCUT2D eigenvalue weighted by Crippen LogP contribution is -2.27. The van der Waals surface area contributed by atoms with Crippen LogP contribution in [0, 0.1) is 0 Å². The fraction of sp³-hybridized carbons (Fsp3) is 0.562. The molecule has 5 nitrogen and oxygen atoms in total. The smallest absolute Gasteiger partial charge is 0.255 e. The Bertz CT molecular complexity index is 820. The molecule has 1 unspecified atom stereocenters. The molecule has 22 heavy (non-hydrogen) atoms. The minimum atomic E-state index is -1.24. The standard InChI is InChI=1S/C16H19N3O2S/c1-22(21)16-17-9-11-8-13(10-6-7-10)15(20)19(14(11)18-16)12-4-2-3-5-12/h8-10,12H,2-7H2,1H3. The fourth-order valence-corrected chi connectivity index (χ4v) is 3.87. The molecule has 2 saturated carbocycles. The van der Waals surface area contributed by atoms with E-state index in [1.54, 1.807) is 12.5 Å². The minimum Gasteiger partial charge on any atom is -0.289 e. The van der Waals surface area contributed by atoms with Crippen molar-refractivity contribution in [2.45, 2.75) is 55.6 Å². The Morgan fingerprint density at radius 3 is 2.59 bits per heavy atom. The Kier molecular flexibility index (Phi) is 3.36. The van der Waals surface area contributed by atoms with Crippen molar-refractivity contribution in [2.75, 3.05) is 6.26 Å². The largest absolute Gasteiger partial charge is 0.289 e. The van der Waals surface area contributed by atoms with Gasteiger partial charge in [0.15, 0.2) is 0 Å². The molecule has 4 rings (SSSR count). The normalized spacial score (nSPS) is 20.6. The van der Waals surface area contributed by atoms with Crippen molar-refractivity contribution in [3.63, 3.8) is 0 Å². The van der Waals surface area contributed by atoms with Gasteiger partial charge in [0, 0.05) is 29.4 Å². The highest BCUT2D eigenvalue weighted by Crippen LogP contribution is 2.40. The van der Waals surface area contributed by atoms with E-state index < -0.39 is 10.8 Å². The predicted octanol–water partition coefficient (Wildman–Crippen LogP) is 2.52. The van der Waals surface area contributed by atoms with Crippen molar-refractivity contribution >= 4 is 21.8 Å². The maximum absolute atomic E-state index is 13.0. The quantitative estimate of drug-likeness (QED) is 0.816. The molecular weight excluding hydrogens is 298 g/mol. The highest BCUT2D eigenvalue weighted by atomic mass is 32.2. The molecule has 0 radical (unpaired) electrons. The summed E-state index contributed by atoms with van der Waals surface area (Å²) >= 11 is 0. The van der Waals surface area contributed by atoms with Crippen molar-refractivity contribution in [2.24, 2.45) is 0 Å². The van der Waals surface area contributed by atoms with E-state index in [9.17, 15) is 9.00 Å². The third-order valence-corrected chi connectivity index (χ3v) is 5.45. The summed E-state index contributed by atoms with van der Waals surface area (Å²) in [7, 11) is -1.24. The third kappa shape index (κ3) is 2.29. The van der Waals surface area contributed by atoms with Crippen LogP contribution in [0.5, 0.6) is 0 Å². The Morgan fingerprint density at radius 2 is 1.95 bits per heavy atom. The van der Waals surface area contributed by atoms with Gasteiger partial charge in [-0.05, 0) is 37.7 Å². The van der Waals surface area contributed by atoms with Gasteiger partial charge in [-0.25, -0.2) is 9.97 Å². The molecule has 0 aliphatic heterocycles. The molecule has 0 spiro atoms. The molecule has 2 aromatic rings. The molecule has 2 aromatic heterocycles. The number of hydrogen-bond donors (Lipinski definition) is 0. The van der Waals surface area contributed by atoms with Gasteiger partial charge in [0.05, 0.1) is 10.8 Å². The average molecular weight is 317 g/mol. The molecule has 116 valence electrons. The summed E-state index contributed by atoms with van der Waals surface area (Å²) in [5, 5.41) is 1.19. The first-order valence-corrected chi connectivity index (χ1v) is 9.46. The van der Waals surface area contributed by atoms with Crippen LogP contribution >= 0.6 is 0 Å². The molecule has 0 aromatic carbocycles. The second-order valence-electron chi connectivity index (χ2n) is 6.37. The molecule has 2 aliphatic carbocycles. The monoisotopic (exact) mass is 317 g/mol. The second-order valence-corrected chi connectivity index (χ2v) is 7.65. The zero-order chi connectivity index (χ0) is 15.3. The summed E-state index contributed by atoms with van der Waals surface area (Å²) in [4.78, 5) is 21.6. The van der Waals surface area contributed by atoms with Crippen LogP contribution in [0.25, 0.3) is 11.0 Å². The number of nitrogens with zero attached hydrogens (tertiary/aromatic N) is 3. The number of pyridine rings is 1. The van der Waals surface area contributed by atoms with Crippen LogP contribution in [-0.4, -0.2) is 25.0 Å². The molecular formula is C16H19N3O2S.